The molecule has 2 heterocycles. The third-order valence-corrected chi connectivity index (χ3v) is 7.21. The molecule has 0 spiro atoms. The molecular formula is C27H29F9N6. The molecule has 42 heavy (non-hydrogen) atoms. The predicted octanol–water partition coefficient (Wildman–Crippen LogP) is 7.41. The molecule has 0 bridgehead atoms. The van der Waals surface area contributed by atoms with Crippen molar-refractivity contribution in [3.8, 4) is 0 Å². The second kappa shape index (κ2) is 12.1. The van der Waals surface area contributed by atoms with Gasteiger partial charge in [0.2, 0.25) is 0 Å². The number of rotatable bonds is 8. The van der Waals surface area contributed by atoms with Gasteiger partial charge in [-0.25, -0.2) is 0 Å². The van der Waals surface area contributed by atoms with Crippen LogP contribution in [0.5, 0.6) is 0 Å². The molecule has 0 saturated carbocycles. The average Bonchev–Trinajstić information content (AvgIpc) is 3.34. The van der Waals surface area contributed by atoms with Crippen molar-refractivity contribution >= 4 is 5.95 Å². The number of hydrogen-bond acceptors (Lipinski definition) is 5. The van der Waals surface area contributed by atoms with Gasteiger partial charge in [-0.05, 0) is 84.6 Å². The highest BCUT2D eigenvalue weighted by atomic mass is 19.4. The number of anilines is 1. The van der Waals surface area contributed by atoms with E-state index in [1.54, 1.807) is 0 Å². The number of benzene rings is 2. The molecule has 230 valence electrons. The molecule has 15 heteroatoms. The van der Waals surface area contributed by atoms with Crippen molar-refractivity contribution in [3.63, 3.8) is 0 Å². The molecular weight excluding hydrogens is 579 g/mol. The van der Waals surface area contributed by atoms with Crippen molar-refractivity contribution < 1.29 is 39.5 Å². The minimum Gasteiger partial charge on any atom is -0.330 e. The van der Waals surface area contributed by atoms with Crippen LogP contribution in [-0.4, -0.2) is 38.2 Å². The lowest BCUT2D eigenvalue weighted by Gasteiger charge is -2.36. The average molecular weight is 609 g/mol. The lowest BCUT2D eigenvalue weighted by molar-refractivity contribution is -0.143. The van der Waals surface area contributed by atoms with Gasteiger partial charge < -0.3 is 4.90 Å². The minimum absolute atomic E-state index is 0.0176. The topological polar surface area (TPSA) is 50.1 Å². The van der Waals surface area contributed by atoms with Crippen molar-refractivity contribution in [2.45, 2.75) is 70.3 Å². The molecule has 0 unspecified atom stereocenters. The fourth-order valence-electron chi connectivity index (χ4n) is 5.28. The number of hydrogen-bond donors (Lipinski definition) is 0. The van der Waals surface area contributed by atoms with Crippen LogP contribution in [0.25, 0.3) is 0 Å². The summed E-state index contributed by atoms with van der Waals surface area (Å²) in [7, 11) is 1.40. The molecule has 3 aromatic rings. The Hall–Kier alpha value is -3.36. The van der Waals surface area contributed by atoms with Crippen LogP contribution in [0.2, 0.25) is 0 Å². The summed E-state index contributed by atoms with van der Waals surface area (Å²) in [5, 5.41) is 11.6. The summed E-state index contributed by atoms with van der Waals surface area (Å²) in [5.74, 6) is -0.169. The highest BCUT2D eigenvalue weighted by Crippen LogP contribution is 2.38. The summed E-state index contributed by atoms with van der Waals surface area (Å²) in [6.45, 7) is 2.52. The Morgan fingerprint density at radius 2 is 1.38 bits per heavy atom. The third kappa shape index (κ3) is 7.53. The van der Waals surface area contributed by atoms with Gasteiger partial charge in [0.1, 0.15) is 0 Å². The van der Waals surface area contributed by atoms with Crippen LogP contribution >= 0.6 is 0 Å². The zero-order valence-electron chi connectivity index (χ0n) is 22.8. The van der Waals surface area contributed by atoms with E-state index < -0.39 is 41.8 Å². The number of piperidine rings is 1. The van der Waals surface area contributed by atoms with Crippen molar-refractivity contribution in [1.82, 2.24) is 25.1 Å². The third-order valence-electron chi connectivity index (χ3n) is 7.21. The molecule has 1 atom stereocenters. The molecule has 6 nitrogen and oxygen atoms in total. The summed E-state index contributed by atoms with van der Waals surface area (Å²) < 4.78 is 123. The van der Waals surface area contributed by atoms with Gasteiger partial charge >= 0.3 is 18.5 Å². The first-order chi connectivity index (χ1) is 19.6. The molecule has 0 radical (unpaired) electrons. The van der Waals surface area contributed by atoms with E-state index in [0.717, 1.165) is 49.3 Å². The number of aryl methyl sites for hydroxylation is 1. The Kier molecular flexibility index (Phi) is 9.09. The van der Waals surface area contributed by atoms with E-state index in [1.807, 2.05) is 6.92 Å². The van der Waals surface area contributed by atoms with Crippen LogP contribution in [0.4, 0.5) is 45.5 Å². The van der Waals surface area contributed by atoms with Gasteiger partial charge in [-0.15, -0.1) is 5.10 Å². The molecule has 0 aliphatic carbocycles. The lowest BCUT2D eigenvalue weighted by atomic mass is 9.93. The van der Waals surface area contributed by atoms with Gasteiger partial charge in [0, 0.05) is 19.1 Å². The highest BCUT2D eigenvalue weighted by molar-refractivity contribution is 5.42. The number of likely N-dealkylation sites (tertiary alicyclic amines) is 1. The van der Waals surface area contributed by atoms with E-state index in [1.165, 1.54) is 18.0 Å². The number of alkyl halides is 9. The van der Waals surface area contributed by atoms with Crippen molar-refractivity contribution in [1.29, 1.82) is 0 Å². The van der Waals surface area contributed by atoms with Crippen molar-refractivity contribution in [2.75, 3.05) is 18.0 Å². The first kappa shape index (κ1) is 31.6. The number of nitrogens with zero attached hydrogens (tertiary/aromatic N) is 6. The van der Waals surface area contributed by atoms with Gasteiger partial charge in [-0.2, -0.15) is 44.3 Å². The fourth-order valence-corrected chi connectivity index (χ4v) is 5.28. The summed E-state index contributed by atoms with van der Waals surface area (Å²) in [6.07, 6.45) is -11.3. The van der Waals surface area contributed by atoms with Crippen LogP contribution in [0.1, 0.15) is 72.0 Å². The van der Waals surface area contributed by atoms with E-state index >= 15 is 0 Å². The highest BCUT2D eigenvalue weighted by Gasteiger charge is 2.37. The summed E-state index contributed by atoms with van der Waals surface area (Å²) in [5.41, 5.74) is -3.52. The minimum atomic E-state index is -5.07. The maximum Gasteiger partial charge on any atom is 0.416 e. The van der Waals surface area contributed by atoms with E-state index in [-0.39, 0.29) is 35.7 Å². The maximum atomic E-state index is 13.8. The molecule has 0 amide bonds. The second-order valence-electron chi connectivity index (χ2n) is 10.3. The van der Waals surface area contributed by atoms with Crippen LogP contribution in [0.3, 0.4) is 0 Å². The monoisotopic (exact) mass is 608 g/mol. The molecule has 1 fully saturated rings. The van der Waals surface area contributed by atoms with Gasteiger partial charge in [-0.1, -0.05) is 24.5 Å². The number of tetrazole rings is 1. The molecule has 4 rings (SSSR count). The summed E-state index contributed by atoms with van der Waals surface area (Å²) in [6, 6.07) is 4.28. The molecule has 0 N–H and O–H groups in total. The van der Waals surface area contributed by atoms with Crippen molar-refractivity contribution in [3.05, 3.63) is 69.8 Å². The number of halogens is 9. The lowest BCUT2D eigenvalue weighted by Crippen LogP contribution is -2.34. The van der Waals surface area contributed by atoms with Gasteiger partial charge in [-0.3, -0.25) is 4.90 Å². The molecule has 1 aliphatic heterocycles. The quantitative estimate of drug-likeness (QED) is 0.250. The summed E-state index contributed by atoms with van der Waals surface area (Å²) in [4.78, 5) is 4.44. The van der Waals surface area contributed by atoms with Crippen LogP contribution in [-0.2, 0) is 38.7 Å². The Morgan fingerprint density at radius 3 is 1.88 bits per heavy atom. The Bertz CT molecular complexity index is 1330. The van der Waals surface area contributed by atoms with E-state index in [9.17, 15) is 39.5 Å². The van der Waals surface area contributed by atoms with Crippen LogP contribution < -0.4 is 4.90 Å². The van der Waals surface area contributed by atoms with Crippen LogP contribution in [0.15, 0.2) is 36.4 Å². The fraction of sp³-hybridized carbons (Fsp3) is 0.519. The predicted molar refractivity (Wildman–Crippen MR) is 135 cm³/mol. The molecule has 2 aromatic carbocycles. The number of aromatic nitrogens is 4. The zero-order chi connectivity index (χ0) is 30.9. The van der Waals surface area contributed by atoms with E-state index in [4.69, 9.17) is 0 Å². The smallest absolute Gasteiger partial charge is 0.330 e. The first-order valence-electron chi connectivity index (χ1n) is 13.3. The Morgan fingerprint density at radius 1 is 0.786 bits per heavy atom. The van der Waals surface area contributed by atoms with Gasteiger partial charge in [0.15, 0.2) is 0 Å². The van der Waals surface area contributed by atoms with E-state index in [2.05, 4.69) is 20.3 Å². The van der Waals surface area contributed by atoms with Crippen LogP contribution in [0, 0.1) is 0 Å². The first-order valence-corrected chi connectivity index (χ1v) is 13.3. The molecule has 1 aromatic heterocycles. The maximum absolute atomic E-state index is 13.8. The Balaban J connectivity index is 1.81. The molecule has 1 saturated heterocycles. The normalized spacial score (nSPS) is 16.1. The Labute approximate surface area is 236 Å². The SMILES string of the molecule is CC[C@@H](c1ccc(C(F)(F)F)cc1CN(Cc1cc(C(F)(F)F)cc(C(F)(F)F)c1)c1nnn(C)n1)N1CCCCC1. The van der Waals surface area contributed by atoms with Gasteiger partial charge in [0.05, 0.1) is 23.7 Å². The van der Waals surface area contributed by atoms with Gasteiger partial charge in [0.25, 0.3) is 5.95 Å². The standard InChI is InChI=1S/C27H29F9N6/c1-3-23(41-9-5-4-6-10-41)22-8-7-19(25(28,29)30)13-18(22)16-42(24-37-39-40(2)38-24)15-17-11-20(26(31,32)33)14-21(12-17)27(34,35)36/h7-8,11-14,23H,3-6,9-10,15-16H2,1-2H3/t23-/m0/s1. The second-order valence-corrected chi connectivity index (χ2v) is 10.3. The zero-order valence-corrected chi connectivity index (χ0v) is 22.8. The van der Waals surface area contributed by atoms with Crippen molar-refractivity contribution in [2.24, 2.45) is 7.05 Å². The van der Waals surface area contributed by atoms with E-state index in [0.29, 0.717) is 24.1 Å². The largest absolute Gasteiger partial charge is 0.416 e. The molecule has 1 aliphatic rings. The summed E-state index contributed by atoms with van der Waals surface area (Å²) >= 11 is 0.